The second-order valence-corrected chi connectivity index (χ2v) is 7.00. The van der Waals surface area contributed by atoms with Crippen LogP contribution in [0.1, 0.15) is 18.4 Å². The second kappa shape index (κ2) is 7.33. The molecule has 0 aliphatic carbocycles. The Bertz CT molecular complexity index is 911. The minimum absolute atomic E-state index is 0.0565. The third-order valence-corrected chi connectivity index (χ3v) is 4.96. The number of rotatable bonds is 4. The lowest BCUT2D eigenvalue weighted by atomic mass is 9.97. The van der Waals surface area contributed by atoms with E-state index in [1.54, 1.807) is 6.07 Å². The number of benzene rings is 1. The number of nitrogens with one attached hydrogen (secondary N) is 1. The van der Waals surface area contributed by atoms with Gasteiger partial charge in [-0.25, -0.2) is 0 Å². The molecule has 2 aromatic heterocycles. The van der Waals surface area contributed by atoms with Crippen molar-refractivity contribution in [3.63, 3.8) is 0 Å². The number of nitrogens with zero attached hydrogens (tertiary/aromatic N) is 4. The molecule has 3 heterocycles. The maximum Gasteiger partial charge on any atom is 0.231 e. The van der Waals surface area contributed by atoms with Crippen molar-refractivity contribution >= 4 is 29.1 Å². The molecule has 1 amide bonds. The summed E-state index contributed by atoms with van der Waals surface area (Å²) in [5, 5.41) is 12.2. The van der Waals surface area contributed by atoms with Gasteiger partial charge in [-0.2, -0.15) is 0 Å². The van der Waals surface area contributed by atoms with Crippen LogP contribution >= 0.6 is 11.6 Å². The van der Waals surface area contributed by atoms with Crippen LogP contribution in [0.2, 0.25) is 5.02 Å². The normalized spacial score (nSPS) is 17.4. The zero-order valence-electron chi connectivity index (χ0n) is 14.3. The first kappa shape index (κ1) is 16.8. The smallest absolute Gasteiger partial charge is 0.231 e. The largest absolute Gasteiger partial charge is 0.352 e. The zero-order chi connectivity index (χ0) is 17.9. The first-order valence-corrected chi connectivity index (χ1v) is 9.15. The van der Waals surface area contributed by atoms with Gasteiger partial charge in [0.1, 0.15) is 0 Å². The van der Waals surface area contributed by atoms with Gasteiger partial charge in [0.15, 0.2) is 5.65 Å². The molecule has 1 aliphatic rings. The molecule has 0 spiro atoms. The maximum absolute atomic E-state index is 12.6. The Morgan fingerprint density at radius 1 is 1.19 bits per heavy atom. The van der Waals surface area contributed by atoms with Crippen LogP contribution in [0.25, 0.3) is 5.65 Å². The Morgan fingerprint density at radius 2 is 2.04 bits per heavy atom. The lowest BCUT2D eigenvalue weighted by molar-refractivity contribution is -0.125. The number of amides is 1. The summed E-state index contributed by atoms with van der Waals surface area (Å²) in [6.07, 6.45) is 3.64. The van der Waals surface area contributed by atoms with E-state index in [0.717, 1.165) is 36.5 Å². The third-order valence-electron chi connectivity index (χ3n) is 4.73. The lowest BCUT2D eigenvalue weighted by Gasteiger charge is -2.32. The summed E-state index contributed by atoms with van der Waals surface area (Å²) in [5.74, 6) is 0.771. The molecular formula is C19H20ClN5O. The topological polar surface area (TPSA) is 62.5 Å². The predicted octanol–water partition coefficient (Wildman–Crippen LogP) is 2.92. The van der Waals surface area contributed by atoms with Crippen molar-refractivity contribution in [1.29, 1.82) is 0 Å². The van der Waals surface area contributed by atoms with Gasteiger partial charge in [-0.1, -0.05) is 41.9 Å². The van der Waals surface area contributed by atoms with Crippen molar-refractivity contribution < 1.29 is 4.79 Å². The quantitative estimate of drug-likeness (QED) is 0.768. The Balaban J connectivity index is 1.45. The summed E-state index contributed by atoms with van der Waals surface area (Å²) in [7, 11) is 0. The first-order chi connectivity index (χ1) is 12.7. The van der Waals surface area contributed by atoms with E-state index in [0.29, 0.717) is 18.1 Å². The van der Waals surface area contributed by atoms with E-state index >= 15 is 0 Å². The molecule has 1 saturated heterocycles. The molecule has 7 heteroatoms. The van der Waals surface area contributed by atoms with Gasteiger partial charge in [-0.15, -0.1) is 10.2 Å². The molecular weight excluding hydrogens is 350 g/mol. The molecule has 134 valence electrons. The molecule has 1 atom stereocenters. The standard InChI is InChI=1S/C19H20ClN5O/c20-16-8-9-17-22-23-19(25(17)13-16)24-10-4-7-15(12-24)18(26)21-11-14-5-2-1-3-6-14/h1-3,5-6,8-9,13,15H,4,7,10-12H2,(H,21,26)/t15-/m1/s1. The van der Waals surface area contributed by atoms with Gasteiger partial charge < -0.3 is 10.2 Å². The van der Waals surface area contributed by atoms with Crippen LogP contribution in [-0.2, 0) is 11.3 Å². The maximum atomic E-state index is 12.6. The summed E-state index contributed by atoms with van der Waals surface area (Å²) in [6.45, 7) is 2.04. The van der Waals surface area contributed by atoms with E-state index in [1.807, 2.05) is 47.0 Å². The number of carbonyl (C=O) groups is 1. The van der Waals surface area contributed by atoms with Gasteiger partial charge in [0.2, 0.25) is 11.9 Å². The minimum atomic E-state index is -0.0565. The SMILES string of the molecule is O=C(NCc1ccccc1)[C@@H]1CCCN(c2nnc3ccc(Cl)cn23)C1. The number of halogens is 1. The molecule has 0 radical (unpaired) electrons. The van der Waals surface area contributed by atoms with Gasteiger partial charge in [0.05, 0.1) is 10.9 Å². The van der Waals surface area contributed by atoms with E-state index in [9.17, 15) is 4.79 Å². The number of hydrogen-bond acceptors (Lipinski definition) is 4. The highest BCUT2D eigenvalue weighted by Crippen LogP contribution is 2.23. The second-order valence-electron chi connectivity index (χ2n) is 6.56. The summed E-state index contributed by atoms with van der Waals surface area (Å²) in [4.78, 5) is 14.7. The van der Waals surface area contributed by atoms with E-state index in [1.165, 1.54) is 0 Å². The van der Waals surface area contributed by atoms with Crippen molar-refractivity contribution in [1.82, 2.24) is 19.9 Å². The van der Waals surface area contributed by atoms with Crippen LogP contribution in [0.4, 0.5) is 5.95 Å². The molecule has 0 bridgehead atoms. The van der Waals surface area contributed by atoms with Gasteiger partial charge in [0.25, 0.3) is 0 Å². The molecule has 1 fully saturated rings. The average molecular weight is 370 g/mol. The summed E-state index contributed by atoms with van der Waals surface area (Å²) in [5.41, 5.74) is 1.85. The fourth-order valence-corrected chi connectivity index (χ4v) is 3.53. The molecule has 0 unspecified atom stereocenters. The third kappa shape index (κ3) is 3.51. The predicted molar refractivity (Wildman–Crippen MR) is 101 cm³/mol. The van der Waals surface area contributed by atoms with Gasteiger partial charge >= 0.3 is 0 Å². The fraction of sp³-hybridized carbons (Fsp3) is 0.316. The Labute approximate surface area is 156 Å². The van der Waals surface area contributed by atoms with E-state index in [-0.39, 0.29) is 11.8 Å². The number of piperidine rings is 1. The van der Waals surface area contributed by atoms with Crippen LogP contribution in [0.5, 0.6) is 0 Å². The summed E-state index contributed by atoms with van der Waals surface area (Å²) >= 11 is 6.11. The molecule has 4 rings (SSSR count). The van der Waals surface area contributed by atoms with E-state index in [2.05, 4.69) is 20.4 Å². The number of aromatic nitrogens is 3. The molecule has 26 heavy (non-hydrogen) atoms. The highest BCUT2D eigenvalue weighted by Gasteiger charge is 2.28. The number of fused-ring (bicyclic) bond motifs is 1. The monoisotopic (exact) mass is 369 g/mol. The van der Waals surface area contributed by atoms with Crippen molar-refractivity contribution in [2.24, 2.45) is 5.92 Å². The minimum Gasteiger partial charge on any atom is -0.352 e. The molecule has 1 N–H and O–H groups in total. The van der Waals surface area contributed by atoms with E-state index < -0.39 is 0 Å². The molecule has 1 aromatic carbocycles. The van der Waals surface area contributed by atoms with Crippen LogP contribution in [0, 0.1) is 5.92 Å². The molecule has 3 aromatic rings. The summed E-state index contributed by atoms with van der Waals surface area (Å²) < 4.78 is 1.88. The zero-order valence-corrected chi connectivity index (χ0v) is 15.1. The van der Waals surface area contributed by atoms with Gasteiger partial charge in [-0.05, 0) is 30.5 Å². The molecule has 0 saturated carbocycles. The van der Waals surface area contributed by atoms with Gasteiger partial charge in [0, 0.05) is 25.8 Å². The average Bonchev–Trinajstić information content (AvgIpc) is 3.10. The Kier molecular flexibility index (Phi) is 4.75. The van der Waals surface area contributed by atoms with Crippen LogP contribution < -0.4 is 10.2 Å². The van der Waals surface area contributed by atoms with Crippen LogP contribution in [0.3, 0.4) is 0 Å². The van der Waals surface area contributed by atoms with Crippen molar-refractivity contribution in [3.8, 4) is 0 Å². The number of pyridine rings is 1. The van der Waals surface area contributed by atoms with E-state index in [4.69, 9.17) is 11.6 Å². The number of anilines is 1. The van der Waals surface area contributed by atoms with Gasteiger partial charge in [-0.3, -0.25) is 9.20 Å². The number of carbonyl (C=O) groups excluding carboxylic acids is 1. The van der Waals surface area contributed by atoms with Crippen molar-refractivity contribution in [2.75, 3.05) is 18.0 Å². The van der Waals surface area contributed by atoms with Crippen molar-refractivity contribution in [3.05, 3.63) is 59.2 Å². The number of hydrogen-bond donors (Lipinski definition) is 1. The summed E-state index contributed by atoms with van der Waals surface area (Å²) in [6, 6.07) is 13.6. The van der Waals surface area contributed by atoms with Crippen LogP contribution in [0.15, 0.2) is 48.7 Å². The molecule has 1 aliphatic heterocycles. The fourth-order valence-electron chi connectivity index (χ4n) is 3.37. The van der Waals surface area contributed by atoms with Crippen molar-refractivity contribution in [2.45, 2.75) is 19.4 Å². The molecule has 6 nitrogen and oxygen atoms in total. The Morgan fingerprint density at radius 3 is 2.88 bits per heavy atom. The Hall–Kier alpha value is -2.60. The lowest BCUT2D eigenvalue weighted by Crippen LogP contribution is -2.43. The first-order valence-electron chi connectivity index (χ1n) is 8.77. The highest BCUT2D eigenvalue weighted by atomic mass is 35.5. The highest BCUT2D eigenvalue weighted by molar-refractivity contribution is 6.30. The van der Waals surface area contributed by atoms with Crippen LogP contribution in [-0.4, -0.2) is 33.6 Å².